The summed E-state index contributed by atoms with van der Waals surface area (Å²) >= 11 is 0. The lowest BCUT2D eigenvalue weighted by atomic mass is 9.84. The molecule has 0 aliphatic heterocycles. The van der Waals surface area contributed by atoms with Crippen LogP contribution in [-0.2, 0) is 0 Å². The number of hydrogen-bond donors (Lipinski definition) is 0. The van der Waals surface area contributed by atoms with Gasteiger partial charge in [0, 0.05) is 0 Å². The van der Waals surface area contributed by atoms with Crippen LogP contribution < -0.4 is 0 Å². The molecule has 0 aliphatic carbocycles. The molecule has 22 aromatic carbocycles. The molecule has 0 atom stereocenters. The first-order chi connectivity index (χ1) is 52.4. The highest BCUT2D eigenvalue weighted by Gasteiger charge is 2.21. The maximum atomic E-state index is 2.51. The molecule has 0 spiro atoms. The Hall–Kier alpha value is -13.8. The first kappa shape index (κ1) is 59.9. The van der Waals surface area contributed by atoms with Crippen molar-refractivity contribution in [2.45, 2.75) is 0 Å². The molecule has 0 radical (unpaired) electrons. The van der Waals surface area contributed by atoms with Crippen LogP contribution in [0.1, 0.15) is 0 Å². The van der Waals surface area contributed by atoms with Crippen LogP contribution in [0.25, 0.3) is 229 Å². The molecule has 488 valence electrons. The molecule has 0 N–H and O–H groups in total. The van der Waals surface area contributed by atoms with E-state index >= 15 is 0 Å². The smallest absolute Gasteiger partial charge is 0.00134 e. The van der Waals surface area contributed by atoms with Gasteiger partial charge in [0.1, 0.15) is 0 Å². The van der Waals surface area contributed by atoms with E-state index in [1.54, 1.807) is 0 Å². The van der Waals surface area contributed by atoms with Gasteiger partial charge in [-0.15, -0.1) is 0 Å². The maximum absolute atomic E-state index is 2.51. The zero-order valence-electron chi connectivity index (χ0n) is 58.0. The quantitative estimate of drug-likeness (QED) is 0.133. The van der Waals surface area contributed by atoms with Crippen LogP contribution >= 0.6 is 0 Å². The van der Waals surface area contributed by atoms with Gasteiger partial charge in [0.25, 0.3) is 0 Å². The third-order valence-corrected chi connectivity index (χ3v) is 23.0. The second kappa shape index (κ2) is 23.9. The molecule has 0 unspecified atom stereocenters. The van der Waals surface area contributed by atoms with Crippen molar-refractivity contribution in [3.8, 4) is 89.0 Å². The van der Waals surface area contributed by atoms with Crippen LogP contribution in [0.3, 0.4) is 0 Å². The Balaban J connectivity index is 0.748. The van der Waals surface area contributed by atoms with Crippen LogP contribution in [0, 0.1) is 0 Å². The van der Waals surface area contributed by atoms with Crippen LogP contribution in [0.5, 0.6) is 0 Å². The van der Waals surface area contributed by atoms with Crippen molar-refractivity contribution in [1.29, 1.82) is 0 Å². The highest BCUT2D eigenvalue weighted by atomic mass is 14.2. The van der Waals surface area contributed by atoms with Crippen molar-refractivity contribution < 1.29 is 0 Å². The first-order valence-corrected chi connectivity index (χ1v) is 36.9. The van der Waals surface area contributed by atoms with Crippen molar-refractivity contribution in [2.24, 2.45) is 0 Å². The summed E-state index contributed by atoms with van der Waals surface area (Å²) in [5.74, 6) is 0. The fourth-order valence-corrected chi connectivity index (χ4v) is 17.4. The molecule has 0 saturated heterocycles. The lowest BCUT2D eigenvalue weighted by Gasteiger charge is -2.19. The molecule has 22 rings (SSSR count). The van der Waals surface area contributed by atoms with Gasteiger partial charge in [-0.3, -0.25) is 0 Å². The Kier molecular flexibility index (Phi) is 13.5. The zero-order valence-corrected chi connectivity index (χ0v) is 58.0. The third-order valence-electron chi connectivity index (χ3n) is 23.0. The van der Waals surface area contributed by atoms with E-state index in [4.69, 9.17) is 0 Å². The fraction of sp³-hybridized carbons (Fsp3) is 0. The molecule has 0 heteroatoms. The van der Waals surface area contributed by atoms with E-state index in [0.717, 1.165) is 0 Å². The van der Waals surface area contributed by atoms with Gasteiger partial charge in [-0.2, -0.15) is 0 Å². The molecule has 106 heavy (non-hydrogen) atoms. The van der Waals surface area contributed by atoms with E-state index in [0.29, 0.717) is 0 Å². The average molecular weight is 1340 g/mol. The lowest BCUT2D eigenvalue weighted by Crippen LogP contribution is -1.92. The summed E-state index contributed by atoms with van der Waals surface area (Å²) < 4.78 is 0. The Bertz CT molecular complexity index is 6620. The summed E-state index contributed by atoms with van der Waals surface area (Å²) in [7, 11) is 0. The minimum Gasteiger partial charge on any atom is -0.0616 e. The zero-order chi connectivity index (χ0) is 69.5. The molecular formula is C106H64. The first-order valence-electron chi connectivity index (χ1n) is 36.9. The summed E-state index contributed by atoms with van der Waals surface area (Å²) in [5, 5.41) is 32.1. The van der Waals surface area contributed by atoms with Crippen LogP contribution in [0.4, 0.5) is 0 Å². The van der Waals surface area contributed by atoms with Gasteiger partial charge in [0.2, 0.25) is 0 Å². The Morgan fingerprint density at radius 1 is 0.0849 bits per heavy atom. The van der Waals surface area contributed by atoms with Crippen molar-refractivity contribution in [1.82, 2.24) is 0 Å². The van der Waals surface area contributed by atoms with Gasteiger partial charge in [-0.1, -0.05) is 291 Å². The van der Waals surface area contributed by atoms with Gasteiger partial charge in [-0.05, 0) is 326 Å². The maximum Gasteiger partial charge on any atom is -0.00134 e. The number of fused-ring (bicyclic) bond motifs is 19. The second-order valence-corrected chi connectivity index (χ2v) is 29.1. The van der Waals surface area contributed by atoms with Gasteiger partial charge in [0.15, 0.2) is 0 Å². The number of benzene rings is 22. The fourth-order valence-electron chi connectivity index (χ4n) is 17.4. The minimum atomic E-state index is 1.18. The van der Waals surface area contributed by atoms with Crippen molar-refractivity contribution in [2.75, 3.05) is 0 Å². The van der Waals surface area contributed by atoms with E-state index in [-0.39, 0.29) is 0 Å². The van der Waals surface area contributed by atoms with Gasteiger partial charge in [-0.25, -0.2) is 0 Å². The van der Waals surface area contributed by atoms with Crippen LogP contribution in [0.15, 0.2) is 388 Å². The van der Waals surface area contributed by atoms with Crippen LogP contribution in [0.2, 0.25) is 0 Å². The lowest BCUT2D eigenvalue weighted by molar-refractivity contribution is 1.65. The summed E-state index contributed by atoms with van der Waals surface area (Å²) in [6, 6.07) is 147. The molecule has 0 bridgehead atoms. The Labute approximate surface area is 613 Å². The molecule has 0 nitrogen and oxygen atoms in total. The average Bonchev–Trinajstić information content (AvgIpc) is 0.700. The van der Waals surface area contributed by atoms with Crippen molar-refractivity contribution in [3.05, 3.63) is 388 Å². The predicted octanol–water partition coefficient (Wildman–Crippen LogP) is 30.0. The molecular weight excluding hydrogens is 1270 g/mol. The molecule has 0 saturated carbocycles. The molecule has 0 aliphatic rings. The Morgan fingerprint density at radius 3 is 0.377 bits per heavy atom. The summed E-state index contributed by atoms with van der Waals surface area (Å²) in [6.45, 7) is 0. The summed E-state index contributed by atoms with van der Waals surface area (Å²) in [4.78, 5) is 0. The number of hydrogen-bond acceptors (Lipinski definition) is 0. The molecule has 0 amide bonds. The van der Waals surface area contributed by atoms with Crippen molar-refractivity contribution in [3.63, 3.8) is 0 Å². The topological polar surface area (TPSA) is 0 Å². The largest absolute Gasteiger partial charge is 0.0616 e. The summed E-state index contributed by atoms with van der Waals surface area (Å²) in [6.07, 6.45) is 0. The highest BCUT2D eigenvalue weighted by Crippen LogP contribution is 2.49. The van der Waals surface area contributed by atoms with Crippen LogP contribution in [-0.4, -0.2) is 0 Å². The molecule has 0 aromatic heterocycles. The monoisotopic (exact) mass is 1340 g/mol. The van der Waals surface area contributed by atoms with Gasteiger partial charge >= 0.3 is 0 Å². The molecule has 0 heterocycles. The van der Waals surface area contributed by atoms with E-state index < -0.39 is 0 Å². The predicted molar refractivity (Wildman–Crippen MR) is 458 cm³/mol. The van der Waals surface area contributed by atoms with Gasteiger partial charge in [0.05, 0.1) is 0 Å². The SMILES string of the molecule is c1ccc2cc(-c3ccc4cc(-c5ccc6c7ccc(-c8ccc9cc(-c%10ccc%11ccccc%11c%10)ccc9c8)cc7c7c8cc(-c9ccc%10cc(-c%11ccc%12ccccc%12c%11)ccc%10c9)ccc8c8ccc(-c9ccc%10cc(-c%11ccc%12ccccc%12c%11)ccc%10c9)cc8c7c6c5)ccc4c3)ccc2c1. The standard InChI is InChI=1S/C106H64/c1-5-13-69-49-73(21-17-65(69)9-1)77-25-29-85-57-89(37-33-81(85)53-77)93-41-45-97-98-46-42-95(91-39-35-83-55-79(27-31-87(83)59-91)75-23-19-67-11-3-7-15-71(67)51-75)63-103(98)106-104-64-96(92-40-36-84-56-80(28-32-88(84)60-92)76-24-20-68-12-4-8-16-72(68)52-76)44-48-100(104)99-47-43-94(62-102(99)105(106)101(97)61-93)90-38-34-82-54-78(26-30-86(82)58-90)74-22-18-66-10-2-6-14-70(66)50-74/h1-64H. The van der Waals surface area contributed by atoms with Gasteiger partial charge < -0.3 is 0 Å². The summed E-state index contributed by atoms with van der Waals surface area (Å²) in [5.41, 5.74) is 19.2. The minimum absolute atomic E-state index is 1.18. The van der Waals surface area contributed by atoms with Crippen molar-refractivity contribution >= 4 is 140 Å². The normalized spacial score (nSPS) is 12.0. The second-order valence-electron chi connectivity index (χ2n) is 29.1. The van der Waals surface area contributed by atoms with E-state index in [2.05, 4.69) is 388 Å². The third kappa shape index (κ3) is 10.1. The highest BCUT2D eigenvalue weighted by molar-refractivity contribution is 6.40. The van der Waals surface area contributed by atoms with E-state index in [9.17, 15) is 0 Å². The number of rotatable bonds is 8. The molecule has 0 fully saturated rings. The Morgan fingerprint density at radius 2 is 0.208 bits per heavy atom. The molecule has 22 aromatic rings. The van der Waals surface area contributed by atoms with E-state index in [1.807, 2.05) is 0 Å². The van der Waals surface area contributed by atoms with E-state index in [1.165, 1.54) is 229 Å².